The van der Waals surface area contributed by atoms with Crippen molar-refractivity contribution >= 4 is 17.8 Å². The molecule has 1 atom stereocenters. The minimum absolute atomic E-state index is 0.0390. The number of hydrogen-bond acceptors (Lipinski definition) is 6. The monoisotopic (exact) mass is 528 g/mol. The molecule has 38 heavy (non-hydrogen) atoms. The lowest BCUT2D eigenvalue weighted by atomic mass is 10.1. The standard InChI is InChI=1S/C26H30FN5O6/c1-15(2)38-20-9-8-18(12-19(20)27)28-23-29-24(36)32(14-21(33)30-26(10-11-26)22(34)35)25(37)31(23)13-17-6-4-16(3)5-7-17/h4-7,9,12,15,18H,8,10-11,13-14H2,1-3H3,(H3,28,29,30,33,34,35,36)/p+1. The molecule has 2 aliphatic carbocycles. The van der Waals surface area contributed by atoms with Crippen LogP contribution in [-0.2, 0) is 27.4 Å². The number of carbonyl (C=O) groups excluding carboxylic acids is 1. The third-order valence-corrected chi connectivity index (χ3v) is 6.33. The van der Waals surface area contributed by atoms with E-state index in [1.54, 1.807) is 19.9 Å². The van der Waals surface area contributed by atoms with Crippen LogP contribution in [0.4, 0.5) is 10.3 Å². The van der Waals surface area contributed by atoms with Gasteiger partial charge in [0, 0.05) is 6.42 Å². The number of hydrogen-bond donors (Lipinski definition) is 4. The first kappa shape index (κ1) is 26.8. The molecule has 0 bridgehead atoms. The molecule has 202 valence electrons. The minimum atomic E-state index is -1.35. The zero-order valence-electron chi connectivity index (χ0n) is 21.4. The lowest BCUT2D eigenvalue weighted by Crippen LogP contribution is -2.62. The number of carbonyl (C=O) groups is 2. The Morgan fingerprint density at radius 1 is 1.26 bits per heavy atom. The largest absolute Gasteiger partial charge is 0.488 e. The van der Waals surface area contributed by atoms with Gasteiger partial charge >= 0.3 is 23.3 Å². The van der Waals surface area contributed by atoms with E-state index < -0.39 is 47.2 Å². The quantitative estimate of drug-likeness (QED) is 0.340. The van der Waals surface area contributed by atoms with Gasteiger partial charge in [0.25, 0.3) is 5.91 Å². The number of carboxylic acid groups (broad SMARTS) is 1. The molecular formula is C26H31FN5O6+. The highest BCUT2D eigenvalue weighted by Gasteiger charge is 2.51. The van der Waals surface area contributed by atoms with Crippen molar-refractivity contribution in [1.82, 2.24) is 14.9 Å². The van der Waals surface area contributed by atoms with Crippen molar-refractivity contribution in [3.8, 4) is 0 Å². The summed E-state index contributed by atoms with van der Waals surface area (Å²) in [6, 6.07) is 6.83. The second kappa shape index (κ2) is 10.6. The van der Waals surface area contributed by atoms with Gasteiger partial charge in [-0.05, 0) is 51.3 Å². The van der Waals surface area contributed by atoms with Crippen molar-refractivity contribution in [2.75, 3.05) is 5.32 Å². The molecule has 4 N–H and O–H groups in total. The third kappa shape index (κ3) is 6.01. The van der Waals surface area contributed by atoms with Crippen LogP contribution in [0.25, 0.3) is 0 Å². The highest BCUT2D eigenvalue weighted by molar-refractivity contribution is 5.89. The second-order valence-electron chi connectivity index (χ2n) is 9.89. The van der Waals surface area contributed by atoms with E-state index in [0.717, 1.165) is 11.1 Å². The Labute approximate surface area is 217 Å². The molecule has 1 aromatic carbocycles. The summed E-state index contributed by atoms with van der Waals surface area (Å²) < 4.78 is 22.0. The summed E-state index contributed by atoms with van der Waals surface area (Å²) in [4.78, 5) is 52.9. The molecule has 4 rings (SSSR count). The van der Waals surface area contributed by atoms with Crippen molar-refractivity contribution in [3.63, 3.8) is 0 Å². The fourth-order valence-electron chi connectivity index (χ4n) is 4.10. The zero-order chi connectivity index (χ0) is 27.6. The number of halogens is 1. The maximum atomic E-state index is 14.6. The predicted octanol–water partition coefficient (Wildman–Crippen LogP) is 1.26. The first-order valence-electron chi connectivity index (χ1n) is 12.4. The van der Waals surface area contributed by atoms with Crippen LogP contribution in [0.1, 0.15) is 44.2 Å². The van der Waals surface area contributed by atoms with E-state index >= 15 is 0 Å². The fraction of sp³-hybridized carbons (Fsp3) is 0.423. The van der Waals surface area contributed by atoms with Crippen LogP contribution in [0.3, 0.4) is 0 Å². The van der Waals surface area contributed by atoms with Crippen LogP contribution >= 0.6 is 0 Å². The molecule has 0 aliphatic heterocycles. The average Bonchev–Trinajstić information content (AvgIpc) is 3.63. The molecule has 1 amide bonds. The number of aliphatic carboxylic acids is 1. The summed E-state index contributed by atoms with van der Waals surface area (Å²) in [6.07, 6.45) is 3.60. The van der Waals surface area contributed by atoms with Crippen molar-refractivity contribution in [2.45, 2.75) is 70.8 Å². The maximum absolute atomic E-state index is 14.6. The van der Waals surface area contributed by atoms with Gasteiger partial charge in [0.15, 0.2) is 11.6 Å². The number of ether oxygens (including phenoxy) is 1. The van der Waals surface area contributed by atoms with Gasteiger partial charge in [-0.1, -0.05) is 29.8 Å². The van der Waals surface area contributed by atoms with Crippen molar-refractivity contribution in [2.24, 2.45) is 0 Å². The number of benzene rings is 1. The Balaban J connectivity index is 1.64. The first-order valence-corrected chi connectivity index (χ1v) is 12.4. The Morgan fingerprint density at radius 2 is 1.95 bits per heavy atom. The molecule has 1 aromatic heterocycles. The Hall–Kier alpha value is -4.22. The molecule has 0 radical (unpaired) electrons. The molecular weight excluding hydrogens is 497 g/mol. The number of rotatable bonds is 10. The minimum Gasteiger partial charge on any atom is -0.488 e. The summed E-state index contributed by atoms with van der Waals surface area (Å²) in [6.45, 7) is 4.90. The Kier molecular flexibility index (Phi) is 7.51. The number of H-pyrrole nitrogens is 1. The van der Waals surface area contributed by atoms with Crippen LogP contribution in [0, 0.1) is 6.92 Å². The molecule has 2 aromatic rings. The number of carboxylic acids is 1. The number of amides is 1. The molecule has 1 fully saturated rings. The number of aromatic amines is 1. The topological polar surface area (TPSA) is 146 Å². The number of aromatic nitrogens is 3. The number of allylic oxidation sites excluding steroid dienone is 1. The van der Waals surface area contributed by atoms with Gasteiger partial charge in [0.2, 0.25) is 0 Å². The van der Waals surface area contributed by atoms with Gasteiger partial charge in [-0.15, -0.1) is 0 Å². The molecule has 0 spiro atoms. The molecule has 2 aliphatic rings. The lowest BCUT2D eigenvalue weighted by Gasteiger charge is -2.20. The molecule has 0 saturated heterocycles. The first-order chi connectivity index (χ1) is 18.0. The van der Waals surface area contributed by atoms with Crippen LogP contribution in [0.5, 0.6) is 0 Å². The van der Waals surface area contributed by atoms with E-state index in [1.807, 2.05) is 31.2 Å². The van der Waals surface area contributed by atoms with Crippen molar-refractivity contribution < 1.29 is 28.4 Å². The van der Waals surface area contributed by atoms with Crippen molar-refractivity contribution in [3.05, 3.63) is 80.1 Å². The predicted molar refractivity (Wildman–Crippen MR) is 135 cm³/mol. The zero-order valence-corrected chi connectivity index (χ0v) is 21.4. The van der Waals surface area contributed by atoms with E-state index in [4.69, 9.17) is 4.74 Å². The molecule has 12 heteroatoms. The van der Waals surface area contributed by atoms with Crippen LogP contribution in [-0.4, -0.2) is 44.2 Å². The molecule has 1 unspecified atom stereocenters. The highest BCUT2D eigenvalue weighted by Crippen LogP contribution is 2.35. The summed E-state index contributed by atoms with van der Waals surface area (Å²) in [5.74, 6) is -2.32. The van der Waals surface area contributed by atoms with E-state index in [-0.39, 0.29) is 37.2 Å². The Morgan fingerprint density at radius 3 is 2.53 bits per heavy atom. The van der Waals surface area contributed by atoms with Crippen molar-refractivity contribution in [1.29, 1.82) is 0 Å². The van der Waals surface area contributed by atoms with Crippen LogP contribution < -0.4 is 26.6 Å². The number of aryl methyl sites for hydroxylation is 1. The van der Waals surface area contributed by atoms with Crippen LogP contribution in [0.2, 0.25) is 0 Å². The van der Waals surface area contributed by atoms with Gasteiger partial charge in [-0.25, -0.2) is 23.8 Å². The number of nitrogens with one attached hydrogen (secondary N) is 3. The highest BCUT2D eigenvalue weighted by atomic mass is 19.1. The van der Waals surface area contributed by atoms with E-state index in [2.05, 4.69) is 15.6 Å². The van der Waals surface area contributed by atoms with Gasteiger partial charge in [0.1, 0.15) is 12.1 Å². The van der Waals surface area contributed by atoms with E-state index in [9.17, 15) is 28.7 Å². The summed E-state index contributed by atoms with van der Waals surface area (Å²) in [5, 5.41) is 14.7. The van der Waals surface area contributed by atoms with Crippen LogP contribution in [0.15, 0.2) is 57.6 Å². The molecule has 1 heterocycles. The molecule has 1 saturated carbocycles. The van der Waals surface area contributed by atoms with Gasteiger partial charge < -0.3 is 15.2 Å². The van der Waals surface area contributed by atoms with E-state index in [0.29, 0.717) is 11.0 Å². The van der Waals surface area contributed by atoms with Gasteiger partial charge in [-0.2, -0.15) is 9.13 Å². The summed E-state index contributed by atoms with van der Waals surface area (Å²) in [5.41, 5.74) is -1.23. The van der Waals surface area contributed by atoms with Gasteiger partial charge in [0.05, 0.1) is 18.7 Å². The second-order valence-corrected chi connectivity index (χ2v) is 9.89. The number of anilines is 1. The maximum Gasteiger partial charge on any atom is 0.422 e. The molecule has 11 nitrogen and oxygen atoms in total. The smallest absolute Gasteiger partial charge is 0.422 e. The normalized spacial score (nSPS) is 17.9. The lowest BCUT2D eigenvalue weighted by molar-refractivity contribution is -0.696. The Bertz CT molecular complexity index is 1420. The van der Waals surface area contributed by atoms with Gasteiger partial charge in [-0.3, -0.25) is 10.1 Å². The fourth-order valence-corrected chi connectivity index (χ4v) is 4.10. The SMILES string of the molecule is Cc1ccc(C[n+]2c(NC3C=C(F)C(OC(C)C)=CC3)[nH]c(=O)n(CC(=O)NC3(C(=O)O)CC3)c2=O)cc1. The average molecular weight is 529 g/mol. The summed E-state index contributed by atoms with van der Waals surface area (Å²) >= 11 is 0. The number of nitrogens with zero attached hydrogens (tertiary/aromatic N) is 2. The third-order valence-electron chi connectivity index (χ3n) is 6.33. The van der Waals surface area contributed by atoms with E-state index in [1.165, 1.54) is 10.6 Å². The summed E-state index contributed by atoms with van der Waals surface area (Å²) in [7, 11) is 0.